The van der Waals surface area contributed by atoms with Crippen LogP contribution in [0.25, 0.3) is 11.0 Å². The molecule has 35 heavy (non-hydrogen) atoms. The van der Waals surface area contributed by atoms with Crippen molar-refractivity contribution in [2.45, 2.75) is 65.3 Å². The largest absolute Gasteiger partial charge is 0.492 e. The maximum absolute atomic E-state index is 13.4. The van der Waals surface area contributed by atoms with Gasteiger partial charge in [-0.05, 0) is 106 Å². The van der Waals surface area contributed by atoms with Crippen molar-refractivity contribution in [3.8, 4) is 5.75 Å². The molecule has 0 aliphatic heterocycles. The van der Waals surface area contributed by atoms with Crippen LogP contribution in [0.4, 0.5) is 0 Å². The first-order valence-electron chi connectivity index (χ1n) is 13.4. The Kier molecular flexibility index (Phi) is 5.82. The number of ether oxygens (including phenoxy) is 1. The molecule has 2 aromatic carbocycles. The van der Waals surface area contributed by atoms with E-state index in [9.17, 15) is 4.79 Å². The van der Waals surface area contributed by atoms with Crippen molar-refractivity contribution in [2.75, 3.05) is 13.2 Å². The van der Waals surface area contributed by atoms with E-state index in [4.69, 9.17) is 9.72 Å². The molecule has 3 aromatic rings. The number of rotatable bonds is 8. The van der Waals surface area contributed by atoms with E-state index in [1.54, 1.807) is 0 Å². The van der Waals surface area contributed by atoms with E-state index in [1.165, 1.54) is 30.4 Å². The van der Waals surface area contributed by atoms with Crippen molar-refractivity contribution in [3.05, 3.63) is 59.4 Å². The van der Waals surface area contributed by atoms with Gasteiger partial charge >= 0.3 is 0 Å². The maximum Gasteiger partial charge on any atom is 0.226 e. The van der Waals surface area contributed by atoms with Crippen LogP contribution in [0.3, 0.4) is 0 Å². The number of aryl methyl sites for hydroxylation is 2. The fourth-order valence-electron chi connectivity index (χ4n) is 7.70. The summed E-state index contributed by atoms with van der Waals surface area (Å²) >= 11 is 0. The first-order valence-corrected chi connectivity index (χ1v) is 13.4. The first kappa shape index (κ1) is 22.6. The Balaban J connectivity index is 1.12. The number of carbonyl (C=O) groups excluding carboxylic acids is 1. The molecule has 0 unspecified atom stereocenters. The van der Waals surface area contributed by atoms with E-state index >= 15 is 0 Å². The second-order valence-corrected chi connectivity index (χ2v) is 11.5. The van der Waals surface area contributed by atoms with Gasteiger partial charge < -0.3 is 14.6 Å². The normalized spacial score (nSPS) is 26.9. The average molecular weight is 472 g/mol. The van der Waals surface area contributed by atoms with E-state index in [2.05, 4.69) is 60.1 Å². The molecule has 1 amide bonds. The molecule has 5 nitrogen and oxygen atoms in total. The zero-order chi connectivity index (χ0) is 24.0. The maximum atomic E-state index is 13.4. The Morgan fingerprint density at radius 1 is 1.03 bits per heavy atom. The van der Waals surface area contributed by atoms with Crippen LogP contribution in [0.15, 0.2) is 42.5 Å². The summed E-state index contributed by atoms with van der Waals surface area (Å²) in [5, 5.41) is 3.33. The molecule has 184 valence electrons. The molecule has 4 aliphatic carbocycles. The molecule has 5 heteroatoms. The molecule has 1 N–H and O–H groups in total. The highest BCUT2D eigenvalue weighted by atomic mass is 16.5. The number of hydrogen-bond donors (Lipinski definition) is 1. The Labute approximate surface area is 208 Å². The summed E-state index contributed by atoms with van der Waals surface area (Å²) in [6.07, 6.45) is 8.15. The standard InChI is InChI=1S/C30H37N3O2/c1-20-11-21(2)13-25(12-20)35-10-9-33-27-6-4-3-5-26(27)32-28(33)7-8-31-29(34)30-17-22-14-23(18-30)16-24(15-22)19-30/h3-6,11-13,22-24H,7-10,14-19H2,1-2H3,(H,31,34). The molecule has 4 bridgehead atoms. The second kappa shape index (κ2) is 9.00. The van der Waals surface area contributed by atoms with Gasteiger partial charge in [0.2, 0.25) is 5.91 Å². The van der Waals surface area contributed by atoms with Crippen molar-refractivity contribution < 1.29 is 9.53 Å². The molecule has 0 atom stereocenters. The molecular weight excluding hydrogens is 434 g/mol. The lowest BCUT2D eigenvalue weighted by molar-refractivity contribution is -0.146. The smallest absolute Gasteiger partial charge is 0.226 e. The summed E-state index contributed by atoms with van der Waals surface area (Å²) < 4.78 is 8.37. The number of amides is 1. The van der Waals surface area contributed by atoms with Gasteiger partial charge in [0, 0.05) is 18.4 Å². The van der Waals surface area contributed by atoms with Gasteiger partial charge in [0.1, 0.15) is 18.2 Å². The quantitative estimate of drug-likeness (QED) is 0.465. The third-order valence-electron chi connectivity index (χ3n) is 8.67. The summed E-state index contributed by atoms with van der Waals surface area (Å²) in [6, 6.07) is 14.6. The number of fused-ring (bicyclic) bond motifs is 1. The van der Waals surface area contributed by atoms with Crippen LogP contribution < -0.4 is 10.1 Å². The molecular formula is C30H37N3O2. The van der Waals surface area contributed by atoms with Crippen LogP contribution in [-0.4, -0.2) is 28.6 Å². The van der Waals surface area contributed by atoms with Gasteiger partial charge in [0.05, 0.1) is 17.6 Å². The van der Waals surface area contributed by atoms with Crippen LogP contribution >= 0.6 is 0 Å². The van der Waals surface area contributed by atoms with Gasteiger partial charge in [-0.15, -0.1) is 0 Å². The number of nitrogens with zero attached hydrogens (tertiary/aromatic N) is 2. The average Bonchev–Trinajstić information content (AvgIpc) is 3.15. The molecule has 4 saturated carbocycles. The fourth-order valence-corrected chi connectivity index (χ4v) is 7.70. The number of aromatic nitrogens is 2. The number of carbonyl (C=O) groups is 1. The summed E-state index contributed by atoms with van der Waals surface area (Å²) in [7, 11) is 0. The Morgan fingerprint density at radius 3 is 2.37 bits per heavy atom. The fraction of sp³-hybridized carbons (Fsp3) is 0.533. The van der Waals surface area contributed by atoms with Crippen molar-refractivity contribution >= 4 is 16.9 Å². The molecule has 4 aliphatic rings. The van der Waals surface area contributed by atoms with Crippen molar-refractivity contribution in [3.63, 3.8) is 0 Å². The van der Waals surface area contributed by atoms with Crippen molar-refractivity contribution in [2.24, 2.45) is 23.2 Å². The second-order valence-electron chi connectivity index (χ2n) is 11.5. The number of para-hydroxylation sites is 2. The van der Waals surface area contributed by atoms with E-state index < -0.39 is 0 Å². The Hall–Kier alpha value is -2.82. The lowest BCUT2D eigenvalue weighted by Crippen LogP contribution is -2.53. The molecule has 4 fully saturated rings. The minimum absolute atomic E-state index is 0.0886. The van der Waals surface area contributed by atoms with Gasteiger partial charge in [-0.25, -0.2) is 4.98 Å². The van der Waals surface area contributed by atoms with E-state index in [0.717, 1.165) is 72.6 Å². The molecule has 0 saturated heterocycles. The molecule has 7 rings (SSSR count). The monoisotopic (exact) mass is 471 g/mol. The lowest BCUT2D eigenvalue weighted by Gasteiger charge is -2.55. The van der Waals surface area contributed by atoms with Crippen LogP contribution in [-0.2, 0) is 17.8 Å². The van der Waals surface area contributed by atoms with Gasteiger partial charge in [-0.3, -0.25) is 4.79 Å². The van der Waals surface area contributed by atoms with E-state index in [1.807, 2.05) is 6.07 Å². The van der Waals surface area contributed by atoms with Gasteiger partial charge in [-0.2, -0.15) is 0 Å². The van der Waals surface area contributed by atoms with Crippen LogP contribution in [0.2, 0.25) is 0 Å². The van der Waals surface area contributed by atoms with Gasteiger partial charge in [0.15, 0.2) is 0 Å². The summed E-state index contributed by atoms with van der Waals surface area (Å²) in [5.41, 5.74) is 4.46. The van der Waals surface area contributed by atoms with Crippen LogP contribution in [0.1, 0.15) is 55.5 Å². The molecule has 0 spiro atoms. The summed E-state index contributed by atoms with van der Waals surface area (Å²) in [6.45, 7) is 6.14. The first-order chi connectivity index (χ1) is 17.0. The summed E-state index contributed by atoms with van der Waals surface area (Å²) in [5.74, 6) is 4.59. The molecule has 0 radical (unpaired) electrons. The molecule has 1 heterocycles. The number of benzene rings is 2. The van der Waals surface area contributed by atoms with Crippen molar-refractivity contribution in [1.82, 2.24) is 14.9 Å². The number of nitrogens with one attached hydrogen (secondary N) is 1. The lowest BCUT2D eigenvalue weighted by atomic mass is 9.49. The highest BCUT2D eigenvalue weighted by molar-refractivity contribution is 5.83. The zero-order valence-corrected chi connectivity index (χ0v) is 21.1. The third-order valence-corrected chi connectivity index (χ3v) is 8.67. The Bertz CT molecular complexity index is 1190. The van der Waals surface area contributed by atoms with E-state index in [0.29, 0.717) is 19.1 Å². The third kappa shape index (κ3) is 4.46. The highest BCUT2D eigenvalue weighted by Crippen LogP contribution is 2.60. The van der Waals surface area contributed by atoms with Crippen LogP contribution in [0.5, 0.6) is 5.75 Å². The minimum Gasteiger partial charge on any atom is -0.492 e. The van der Waals surface area contributed by atoms with Crippen molar-refractivity contribution in [1.29, 1.82) is 0 Å². The SMILES string of the molecule is Cc1cc(C)cc(OCCn2c(CCNC(=O)C34CC5CC(CC(C5)C3)C4)nc3ccccc32)c1. The molecule has 1 aromatic heterocycles. The highest BCUT2D eigenvalue weighted by Gasteiger charge is 2.54. The summed E-state index contributed by atoms with van der Waals surface area (Å²) in [4.78, 5) is 18.3. The van der Waals surface area contributed by atoms with E-state index in [-0.39, 0.29) is 5.41 Å². The minimum atomic E-state index is -0.0886. The predicted molar refractivity (Wildman–Crippen MR) is 138 cm³/mol. The number of imidazole rings is 1. The number of hydrogen-bond acceptors (Lipinski definition) is 3. The van der Waals surface area contributed by atoms with Crippen LogP contribution in [0, 0.1) is 37.0 Å². The Morgan fingerprint density at radius 2 is 1.69 bits per heavy atom. The topological polar surface area (TPSA) is 56.1 Å². The van der Waals surface area contributed by atoms with Gasteiger partial charge in [-0.1, -0.05) is 18.2 Å². The van der Waals surface area contributed by atoms with Gasteiger partial charge in [0.25, 0.3) is 0 Å². The predicted octanol–water partition coefficient (Wildman–Crippen LogP) is 5.61. The zero-order valence-electron chi connectivity index (χ0n) is 21.1.